The summed E-state index contributed by atoms with van der Waals surface area (Å²) in [5.74, 6) is 2.71. The molecule has 2 heterocycles. The van der Waals surface area contributed by atoms with E-state index in [1.165, 1.54) is 0 Å². The first-order chi connectivity index (χ1) is 7.31. The molecule has 0 aliphatic carbocycles. The van der Waals surface area contributed by atoms with Crippen molar-refractivity contribution in [3.05, 3.63) is 30.0 Å². The average Bonchev–Trinajstić information content (AvgIpc) is 2.85. The van der Waals surface area contributed by atoms with E-state index in [0.29, 0.717) is 0 Å². The first-order valence-electron chi connectivity index (χ1n) is 4.89. The quantitative estimate of drug-likeness (QED) is 0.817. The van der Waals surface area contributed by atoms with Crippen LogP contribution in [0.5, 0.6) is 0 Å². The van der Waals surface area contributed by atoms with E-state index in [4.69, 9.17) is 4.42 Å². The van der Waals surface area contributed by atoms with Gasteiger partial charge in [-0.05, 0) is 12.1 Å². The van der Waals surface area contributed by atoms with Crippen LogP contribution in [-0.4, -0.2) is 21.8 Å². The summed E-state index contributed by atoms with van der Waals surface area (Å²) in [5, 5.41) is 11.1. The monoisotopic (exact) mass is 206 g/mol. The van der Waals surface area contributed by atoms with Crippen LogP contribution in [0.3, 0.4) is 0 Å². The van der Waals surface area contributed by atoms with Gasteiger partial charge in [0.2, 0.25) is 5.95 Å². The molecule has 0 aliphatic rings. The molecule has 5 heteroatoms. The smallest absolute Gasteiger partial charge is 0.224 e. The predicted octanol–water partition coefficient (Wildman–Crippen LogP) is 1.23. The first-order valence-corrected chi connectivity index (χ1v) is 4.89. The van der Waals surface area contributed by atoms with E-state index in [2.05, 4.69) is 15.5 Å². The van der Waals surface area contributed by atoms with Gasteiger partial charge in [-0.25, -0.2) is 0 Å². The lowest BCUT2D eigenvalue weighted by Crippen LogP contribution is -2.03. The Morgan fingerprint density at radius 3 is 2.87 bits per heavy atom. The summed E-state index contributed by atoms with van der Waals surface area (Å²) >= 11 is 0. The standard InChI is InChI=1S/C10H14N4O/c1-11-10-13-12-9(14(10)2)6-5-8-4-3-7-15-8/h3-4,7H,5-6H2,1-2H3,(H,11,13). The highest BCUT2D eigenvalue weighted by molar-refractivity contribution is 5.23. The summed E-state index contributed by atoms with van der Waals surface area (Å²) in [4.78, 5) is 0. The fourth-order valence-electron chi connectivity index (χ4n) is 1.49. The van der Waals surface area contributed by atoms with E-state index in [9.17, 15) is 0 Å². The minimum Gasteiger partial charge on any atom is -0.469 e. The molecule has 0 spiro atoms. The Kier molecular flexibility index (Phi) is 2.71. The molecule has 0 bridgehead atoms. The molecule has 0 atom stereocenters. The van der Waals surface area contributed by atoms with Crippen molar-refractivity contribution in [3.8, 4) is 0 Å². The molecule has 2 aromatic rings. The minimum absolute atomic E-state index is 0.782. The van der Waals surface area contributed by atoms with Gasteiger partial charge in [-0.3, -0.25) is 0 Å². The Labute approximate surface area is 88.1 Å². The average molecular weight is 206 g/mol. The maximum atomic E-state index is 5.26. The fourth-order valence-corrected chi connectivity index (χ4v) is 1.49. The van der Waals surface area contributed by atoms with E-state index in [1.807, 2.05) is 30.8 Å². The fraction of sp³-hybridized carbons (Fsp3) is 0.400. The lowest BCUT2D eigenvalue weighted by molar-refractivity contribution is 0.505. The van der Waals surface area contributed by atoms with Crippen LogP contribution in [0.2, 0.25) is 0 Å². The second kappa shape index (κ2) is 4.16. The lowest BCUT2D eigenvalue weighted by atomic mass is 10.2. The normalized spacial score (nSPS) is 10.5. The van der Waals surface area contributed by atoms with Gasteiger partial charge in [-0.2, -0.15) is 0 Å². The molecular formula is C10H14N4O. The highest BCUT2D eigenvalue weighted by atomic mass is 16.3. The van der Waals surface area contributed by atoms with Gasteiger partial charge in [0.05, 0.1) is 6.26 Å². The highest BCUT2D eigenvalue weighted by Gasteiger charge is 2.07. The van der Waals surface area contributed by atoms with Crippen LogP contribution >= 0.6 is 0 Å². The molecule has 0 aliphatic heterocycles. The lowest BCUT2D eigenvalue weighted by Gasteiger charge is -2.01. The van der Waals surface area contributed by atoms with Crippen molar-refractivity contribution in [1.29, 1.82) is 0 Å². The van der Waals surface area contributed by atoms with Gasteiger partial charge in [0.15, 0.2) is 0 Å². The Hall–Kier alpha value is -1.78. The van der Waals surface area contributed by atoms with Gasteiger partial charge in [-0.1, -0.05) is 0 Å². The van der Waals surface area contributed by atoms with Crippen molar-refractivity contribution >= 4 is 5.95 Å². The molecule has 0 unspecified atom stereocenters. The molecule has 2 rings (SSSR count). The van der Waals surface area contributed by atoms with Crippen LogP contribution in [0.15, 0.2) is 22.8 Å². The van der Waals surface area contributed by atoms with Crippen molar-refractivity contribution in [2.45, 2.75) is 12.8 Å². The van der Waals surface area contributed by atoms with E-state index in [0.717, 1.165) is 30.4 Å². The number of hydrogen-bond donors (Lipinski definition) is 1. The molecule has 0 amide bonds. The number of nitrogens with one attached hydrogen (secondary N) is 1. The van der Waals surface area contributed by atoms with Crippen molar-refractivity contribution in [1.82, 2.24) is 14.8 Å². The summed E-state index contributed by atoms with van der Waals surface area (Å²) < 4.78 is 7.20. The van der Waals surface area contributed by atoms with Crippen molar-refractivity contribution < 1.29 is 4.42 Å². The molecule has 2 aromatic heterocycles. The van der Waals surface area contributed by atoms with E-state index in [1.54, 1.807) is 6.26 Å². The van der Waals surface area contributed by atoms with Crippen LogP contribution in [0.1, 0.15) is 11.6 Å². The van der Waals surface area contributed by atoms with Gasteiger partial charge in [0.1, 0.15) is 11.6 Å². The number of nitrogens with zero attached hydrogens (tertiary/aromatic N) is 3. The highest BCUT2D eigenvalue weighted by Crippen LogP contribution is 2.08. The molecular weight excluding hydrogens is 192 g/mol. The summed E-state index contributed by atoms with van der Waals surface area (Å²) in [5.41, 5.74) is 0. The third kappa shape index (κ3) is 2.01. The van der Waals surface area contributed by atoms with E-state index >= 15 is 0 Å². The van der Waals surface area contributed by atoms with E-state index in [-0.39, 0.29) is 0 Å². The number of furan rings is 1. The van der Waals surface area contributed by atoms with Crippen LogP contribution < -0.4 is 5.32 Å². The Bertz CT molecular complexity index is 419. The molecule has 0 saturated carbocycles. The molecule has 1 N–H and O–H groups in total. The summed E-state index contributed by atoms with van der Waals surface area (Å²) in [6, 6.07) is 3.86. The third-order valence-electron chi connectivity index (χ3n) is 2.36. The maximum Gasteiger partial charge on any atom is 0.224 e. The second-order valence-corrected chi connectivity index (χ2v) is 3.33. The summed E-state index contributed by atoms with van der Waals surface area (Å²) in [7, 11) is 3.78. The molecule has 0 radical (unpaired) electrons. The van der Waals surface area contributed by atoms with Crippen LogP contribution in [-0.2, 0) is 19.9 Å². The number of aromatic nitrogens is 3. The molecule has 0 aromatic carbocycles. The summed E-state index contributed by atoms with van der Waals surface area (Å²) in [6.45, 7) is 0. The number of anilines is 1. The predicted molar refractivity (Wildman–Crippen MR) is 56.7 cm³/mol. The summed E-state index contributed by atoms with van der Waals surface area (Å²) in [6.07, 6.45) is 3.37. The van der Waals surface area contributed by atoms with Crippen molar-refractivity contribution in [2.24, 2.45) is 7.05 Å². The molecule has 0 saturated heterocycles. The largest absolute Gasteiger partial charge is 0.469 e. The van der Waals surface area contributed by atoms with E-state index < -0.39 is 0 Å². The maximum absolute atomic E-state index is 5.26. The van der Waals surface area contributed by atoms with Crippen molar-refractivity contribution in [3.63, 3.8) is 0 Å². The number of rotatable bonds is 4. The Morgan fingerprint density at radius 2 is 2.27 bits per heavy atom. The topological polar surface area (TPSA) is 55.9 Å². The zero-order valence-corrected chi connectivity index (χ0v) is 8.90. The van der Waals surface area contributed by atoms with Gasteiger partial charge in [0.25, 0.3) is 0 Å². The Balaban J connectivity index is 2.02. The van der Waals surface area contributed by atoms with Gasteiger partial charge < -0.3 is 14.3 Å². The van der Waals surface area contributed by atoms with Crippen LogP contribution in [0, 0.1) is 0 Å². The SMILES string of the molecule is CNc1nnc(CCc2ccco2)n1C. The zero-order chi connectivity index (χ0) is 10.7. The van der Waals surface area contributed by atoms with Crippen molar-refractivity contribution in [2.75, 3.05) is 12.4 Å². The zero-order valence-electron chi connectivity index (χ0n) is 8.90. The Morgan fingerprint density at radius 1 is 1.40 bits per heavy atom. The van der Waals surface area contributed by atoms with Gasteiger partial charge in [0, 0.05) is 26.9 Å². The third-order valence-corrected chi connectivity index (χ3v) is 2.36. The van der Waals surface area contributed by atoms with Gasteiger partial charge in [-0.15, -0.1) is 10.2 Å². The van der Waals surface area contributed by atoms with Crippen LogP contribution in [0.4, 0.5) is 5.95 Å². The molecule has 5 nitrogen and oxygen atoms in total. The first kappa shape index (κ1) is 9.76. The molecule has 80 valence electrons. The second-order valence-electron chi connectivity index (χ2n) is 3.33. The van der Waals surface area contributed by atoms with Gasteiger partial charge >= 0.3 is 0 Å². The molecule has 15 heavy (non-hydrogen) atoms. The number of aryl methyl sites for hydroxylation is 2. The minimum atomic E-state index is 0.782. The van der Waals surface area contributed by atoms with Crippen LogP contribution in [0.25, 0.3) is 0 Å². The molecule has 0 fully saturated rings. The number of hydrogen-bond acceptors (Lipinski definition) is 4.